The third-order valence-electron chi connectivity index (χ3n) is 1.60. The first kappa shape index (κ1) is 10.8. The summed E-state index contributed by atoms with van der Waals surface area (Å²) >= 11 is 2.89. The van der Waals surface area contributed by atoms with Gasteiger partial charge in [-0.15, -0.1) is 0 Å². The van der Waals surface area contributed by atoms with Crippen LogP contribution in [0.25, 0.3) is 0 Å². The summed E-state index contributed by atoms with van der Waals surface area (Å²) in [6.45, 7) is 0. The highest BCUT2D eigenvalue weighted by molar-refractivity contribution is 9.10. The van der Waals surface area contributed by atoms with E-state index in [2.05, 4.69) is 20.7 Å². The fourth-order valence-electron chi connectivity index (χ4n) is 0.932. The average Bonchev–Trinajstić information content (AvgIpc) is 2.20. The van der Waals surface area contributed by atoms with E-state index < -0.39 is 11.8 Å². The molecule has 0 aliphatic carbocycles. The molecule has 1 rings (SSSR count). The summed E-state index contributed by atoms with van der Waals surface area (Å²) in [5.74, 6) is -1.30. The van der Waals surface area contributed by atoms with Crippen molar-refractivity contribution < 1.29 is 18.7 Å². The molecule has 0 N–H and O–H groups in total. The van der Waals surface area contributed by atoms with Crippen molar-refractivity contribution >= 4 is 28.2 Å². The van der Waals surface area contributed by atoms with Gasteiger partial charge in [0.25, 0.3) is 0 Å². The smallest absolute Gasteiger partial charge is 0.337 e. The van der Waals surface area contributed by atoms with Gasteiger partial charge in [0.2, 0.25) is 0 Å². The molecule has 5 heteroatoms. The number of aldehydes is 1. The molecule has 0 atom stereocenters. The van der Waals surface area contributed by atoms with Crippen LogP contribution in [0.15, 0.2) is 16.6 Å². The Kier molecular flexibility index (Phi) is 3.35. The molecule has 1 aromatic rings. The first-order chi connectivity index (χ1) is 6.60. The number of methoxy groups -OCH3 is 1. The lowest BCUT2D eigenvalue weighted by atomic mass is 10.1. The van der Waals surface area contributed by atoms with Gasteiger partial charge in [-0.1, -0.05) is 0 Å². The maximum absolute atomic E-state index is 13.1. The van der Waals surface area contributed by atoms with E-state index in [1.54, 1.807) is 0 Å². The highest BCUT2D eigenvalue weighted by Gasteiger charge is 2.13. The Morgan fingerprint density at radius 1 is 1.57 bits per heavy atom. The van der Waals surface area contributed by atoms with E-state index in [1.807, 2.05) is 0 Å². The Balaban J connectivity index is 3.29. The second kappa shape index (κ2) is 4.32. The highest BCUT2D eigenvalue weighted by Crippen LogP contribution is 2.20. The Labute approximate surface area is 88.0 Å². The molecule has 3 nitrogen and oxygen atoms in total. The van der Waals surface area contributed by atoms with E-state index in [1.165, 1.54) is 13.2 Å². The van der Waals surface area contributed by atoms with E-state index >= 15 is 0 Å². The Bertz CT molecular complexity index is 390. The van der Waals surface area contributed by atoms with Gasteiger partial charge in [-0.25, -0.2) is 9.18 Å². The van der Waals surface area contributed by atoms with Crippen molar-refractivity contribution in [2.75, 3.05) is 7.11 Å². The predicted molar refractivity (Wildman–Crippen MR) is 50.8 cm³/mol. The third kappa shape index (κ3) is 1.98. The summed E-state index contributed by atoms with van der Waals surface area (Å²) in [5.41, 5.74) is -0.0531. The lowest BCUT2D eigenvalue weighted by molar-refractivity contribution is 0.0600. The molecule has 1 aromatic carbocycles. The molecule has 0 saturated heterocycles. The molecule has 74 valence electrons. The largest absolute Gasteiger partial charge is 0.465 e. The first-order valence-corrected chi connectivity index (χ1v) is 4.42. The molecule has 0 amide bonds. The number of carbonyl (C=O) groups excluding carboxylic acids is 2. The minimum Gasteiger partial charge on any atom is -0.465 e. The van der Waals surface area contributed by atoms with Crippen LogP contribution in [0.1, 0.15) is 20.7 Å². The second-order valence-electron chi connectivity index (χ2n) is 2.47. The van der Waals surface area contributed by atoms with Crippen LogP contribution in [0, 0.1) is 5.82 Å². The number of rotatable bonds is 2. The van der Waals surface area contributed by atoms with Gasteiger partial charge in [-0.05, 0) is 28.1 Å². The van der Waals surface area contributed by atoms with Crippen LogP contribution in [0.2, 0.25) is 0 Å². The van der Waals surface area contributed by atoms with Crippen LogP contribution in [0.3, 0.4) is 0 Å². The van der Waals surface area contributed by atoms with Gasteiger partial charge in [0.1, 0.15) is 5.82 Å². The van der Waals surface area contributed by atoms with Crippen molar-refractivity contribution in [2.24, 2.45) is 0 Å². The normalized spacial score (nSPS) is 9.64. The number of esters is 1. The molecular formula is C9H6BrFO3. The maximum Gasteiger partial charge on any atom is 0.337 e. The average molecular weight is 261 g/mol. The van der Waals surface area contributed by atoms with Crippen LogP contribution >= 0.6 is 15.9 Å². The molecule has 0 aliphatic rings. The molecule has 0 aromatic heterocycles. The van der Waals surface area contributed by atoms with Gasteiger partial charge < -0.3 is 4.74 Å². The third-order valence-corrected chi connectivity index (χ3v) is 2.18. The van der Waals surface area contributed by atoms with Gasteiger partial charge in [0.15, 0.2) is 6.29 Å². The molecule has 0 fully saturated rings. The number of benzene rings is 1. The number of hydrogen-bond acceptors (Lipinski definition) is 3. The van der Waals surface area contributed by atoms with E-state index in [0.29, 0.717) is 6.29 Å². The summed E-state index contributed by atoms with van der Waals surface area (Å²) in [5, 5.41) is 0. The van der Waals surface area contributed by atoms with Crippen molar-refractivity contribution in [2.45, 2.75) is 0 Å². The molecule has 0 unspecified atom stereocenters. The minimum absolute atomic E-state index is 0.0579. The van der Waals surface area contributed by atoms with Crippen molar-refractivity contribution in [1.29, 1.82) is 0 Å². The summed E-state index contributed by atoms with van der Waals surface area (Å²) < 4.78 is 17.6. The van der Waals surface area contributed by atoms with Gasteiger partial charge in [0, 0.05) is 0 Å². The zero-order valence-corrected chi connectivity index (χ0v) is 8.80. The van der Waals surface area contributed by atoms with Crippen molar-refractivity contribution in [3.63, 3.8) is 0 Å². The Morgan fingerprint density at radius 3 is 2.71 bits per heavy atom. The number of hydrogen-bond donors (Lipinski definition) is 0. The molecule has 0 saturated carbocycles. The lowest BCUT2D eigenvalue weighted by Gasteiger charge is -2.02. The fraction of sp³-hybridized carbons (Fsp3) is 0.111. The van der Waals surface area contributed by atoms with Crippen LogP contribution in [0.5, 0.6) is 0 Å². The van der Waals surface area contributed by atoms with E-state index in [-0.39, 0.29) is 15.6 Å². The van der Waals surface area contributed by atoms with E-state index in [0.717, 1.165) is 6.07 Å². The number of carbonyl (C=O) groups is 2. The molecule has 0 radical (unpaired) electrons. The van der Waals surface area contributed by atoms with Crippen LogP contribution in [0.4, 0.5) is 4.39 Å². The van der Waals surface area contributed by atoms with E-state index in [4.69, 9.17) is 0 Å². The standard InChI is InChI=1S/C9H6BrFO3/c1-14-9(13)5-2-6(4-12)8(11)7(10)3-5/h2-4H,1H3. The van der Waals surface area contributed by atoms with Gasteiger partial charge in [-0.3, -0.25) is 4.79 Å². The Morgan fingerprint density at radius 2 is 2.21 bits per heavy atom. The van der Waals surface area contributed by atoms with Gasteiger partial charge in [-0.2, -0.15) is 0 Å². The summed E-state index contributed by atoms with van der Waals surface area (Å²) in [4.78, 5) is 21.5. The van der Waals surface area contributed by atoms with Gasteiger partial charge in [0.05, 0.1) is 22.7 Å². The summed E-state index contributed by atoms with van der Waals surface area (Å²) in [6.07, 6.45) is 0.340. The van der Waals surface area contributed by atoms with E-state index in [9.17, 15) is 14.0 Å². The van der Waals surface area contributed by atoms with Gasteiger partial charge >= 0.3 is 5.97 Å². The maximum atomic E-state index is 13.1. The van der Waals surface area contributed by atoms with Crippen molar-refractivity contribution in [3.8, 4) is 0 Å². The number of halogens is 2. The fourth-order valence-corrected chi connectivity index (χ4v) is 1.41. The minimum atomic E-state index is -0.687. The number of ether oxygens (including phenoxy) is 1. The molecule has 0 spiro atoms. The molecule has 0 heterocycles. The zero-order chi connectivity index (χ0) is 10.7. The molecular weight excluding hydrogens is 255 g/mol. The molecule has 14 heavy (non-hydrogen) atoms. The van der Waals surface area contributed by atoms with Crippen LogP contribution in [-0.4, -0.2) is 19.4 Å². The molecule has 0 aliphatic heterocycles. The summed E-state index contributed by atoms with van der Waals surface area (Å²) in [7, 11) is 1.21. The lowest BCUT2D eigenvalue weighted by Crippen LogP contribution is -2.03. The molecule has 0 bridgehead atoms. The van der Waals surface area contributed by atoms with Crippen molar-refractivity contribution in [3.05, 3.63) is 33.5 Å². The zero-order valence-electron chi connectivity index (χ0n) is 7.21. The second-order valence-corrected chi connectivity index (χ2v) is 3.33. The van der Waals surface area contributed by atoms with Crippen molar-refractivity contribution in [1.82, 2.24) is 0 Å². The Hall–Kier alpha value is -1.23. The van der Waals surface area contributed by atoms with Crippen LogP contribution in [-0.2, 0) is 4.74 Å². The van der Waals surface area contributed by atoms with Crippen LogP contribution < -0.4 is 0 Å². The summed E-state index contributed by atoms with van der Waals surface area (Å²) in [6, 6.07) is 2.40. The first-order valence-electron chi connectivity index (χ1n) is 3.62. The predicted octanol–water partition coefficient (Wildman–Crippen LogP) is 2.19. The quantitative estimate of drug-likeness (QED) is 0.605. The SMILES string of the molecule is COC(=O)c1cc(Br)c(F)c(C=O)c1. The monoisotopic (exact) mass is 260 g/mol. The highest BCUT2D eigenvalue weighted by atomic mass is 79.9. The topological polar surface area (TPSA) is 43.4 Å².